The summed E-state index contributed by atoms with van der Waals surface area (Å²) in [7, 11) is 0. The number of rotatable bonds is 3. The quantitative estimate of drug-likeness (QED) is 0.401. The van der Waals surface area contributed by atoms with E-state index < -0.39 is 39.1 Å². The van der Waals surface area contributed by atoms with Crippen LogP contribution >= 0.6 is 23.2 Å². The molecule has 2 aromatic carbocycles. The standard InChI is InChI=1S/C20H12Cl2F6N2O/c1-10-6-12(29-11-2-4-16(21)14(7-11)19(23,24)25)8-18(31)30(10)13-3-5-17(22)15(9-13)20(26,27)28/h2-9,29H,1H3. The molecule has 0 unspecified atom stereocenters. The normalized spacial score (nSPS) is 12.2. The number of hydrogen-bond donors (Lipinski definition) is 1. The second kappa shape index (κ2) is 8.12. The van der Waals surface area contributed by atoms with Crippen LogP contribution in [0.25, 0.3) is 5.69 Å². The van der Waals surface area contributed by atoms with Crippen molar-refractivity contribution in [2.24, 2.45) is 0 Å². The van der Waals surface area contributed by atoms with Crippen molar-refractivity contribution in [3.05, 3.63) is 85.8 Å². The highest BCUT2D eigenvalue weighted by Crippen LogP contribution is 2.37. The van der Waals surface area contributed by atoms with Gasteiger partial charge >= 0.3 is 12.4 Å². The zero-order valence-corrected chi connectivity index (χ0v) is 17.0. The number of anilines is 2. The van der Waals surface area contributed by atoms with Gasteiger partial charge in [-0.15, -0.1) is 0 Å². The molecule has 0 radical (unpaired) electrons. The van der Waals surface area contributed by atoms with Crippen LogP contribution in [0.3, 0.4) is 0 Å². The van der Waals surface area contributed by atoms with Gasteiger partial charge in [-0.25, -0.2) is 0 Å². The van der Waals surface area contributed by atoms with E-state index in [0.29, 0.717) is 0 Å². The first-order chi connectivity index (χ1) is 14.3. The van der Waals surface area contributed by atoms with Crippen molar-refractivity contribution in [3.8, 4) is 5.69 Å². The summed E-state index contributed by atoms with van der Waals surface area (Å²) in [5.41, 5.74) is -2.47. The average Bonchev–Trinajstić information content (AvgIpc) is 2.62. The smallest absolute Gasteiger partial charge is 0.355 e. The van der Waals surface area contributed by atoms with E-state index >= 15 is 0 Å². The van der Waals surface area contributed by atoms with Gasteiger partial charge in [0.05, 0.1) is 21.2 Å². The van der Waals surface area contributed by atoms with Crippen LogP contribution in [0, 0.1) is 6.92 Å². The summed E-state index contributed by atoms with van der Waals surface area (Å²) in [5, 5.41) is 1.69. The minimum Gasteiger partial charge on any atom is -0.355 e. The number of alkyl halides is 6. The lowest BCUT2D eigenvalue weighted by atomic mass is 10.1. The van der Waals surface area contributed by atoms with Gasteiger partial charge in [0.25, 0.3) is 5.56 Å². The fourth-order valence-corrected chi connectivity index (χ4v) is 3.41. The van der Waals surface area contributed by atoms with Crippen LogP contribution in [-0.2, 0) is 12.4 Å². The van der Waals surface area contributed by atoms with Crippen molar-refractivity contribution >= 4 is 34.6 Å². The van der Waals surface area contributed by atoms with Crippen LogP contribution in [0.15, 0.2) is 53.3 Å². The molecule has 3 nitrogen and oxygen atoms in total. The summed E-state index contributed by atoms with van der Waals surface area (Å²) in [6.07, 6.45) is -9.38. The van der Waals surface area contributed by atoms with E-state index in [1.54, 1.807) is 0 Å². The highest BCUT2D eigenvalue weighted by atomic mass is 35.5. The molecule has 0 saturated heterocycles. The molecule has 0 aliphatic carbocycles. The molecule has 164 valence electrons. The van der Waals surface area contributed by atoms with Gasteiger partial charge in [0.2, 0.25) is 0 Å². The number of nitrogens with one attached hydrogen (secondary N) is 1. The summed E-state index contributed by atoms with van der Waals surface area (Å²) in [6, 6.07) is 8.65. The monoisotopic (exact) mass is 480 g/mol. The molecule has 0 fully saturated rings. The highest BCUT2D eigenvalue weighted by molar-refractivity contribution is 6.31. The maximum absolute atomic E-state index is 13.1. The predicted octanol–water partition coefficient (Wildman–Crippen LogP) is 7.23. The first kappa shape index (κ1) is 23.0. The minimum absolute atomic E-state index is 0.0270. The summed E-state index contributed by atoms with van der Waals surface area (Å²) in [4.78, 5) is 12.6. The third-order valence-corrected chi connectivity index (χ3v) is 4.95. The Morgan fingerprint density at radius 3 is 1.87 bits per heavy atom. The van der Waals surface area contributed by atoms with Crippen molar-refractivity contribution in [2.45, 2.75) is 19.3 Å². The first-order valence-electron chi connectivity index (χ1n) is 8.52. The summed E-state index contributed by atoms with van der Waals surface area (Å²) >= 11 is 11.2. The second-order valence-corrected chi connectivity index (χ2v) is 7.35. The van der Waals surface area contributed by atoms with Gasteiger partial charge in [-0.3, -0.25) is 9.36 Å². The Balaban J connectivity index is 2.00. The lowest BCUT2D eigenvalue weighted by Crippen LogP contribution is -2.21. The van der Waals surface area contributed by atoms with E-state index in [1.165, 1.54) is 25.1 Å². The molecule has 0 spiro atoms. The maximum Gasteiger partial charge on any atom is 0.417 e. The molecule has 3 aromatic rings. The molecule has 3 rings (SSSR count). The number of aryl methyl sites for hydroxylation is 1. The average molecular weight is 481 g/mol. The van der Waals surface area contributed by atoms with Gasteiger partial charge in [0, 0.05) is 28.8 Å². The summed E-state index contributed by atoms with van der Waals surface area (Å²) < 4.78 is 79.5. The Hall–Kier alpha value is -2.65. The van der Waals surface area contributed by atoms with Crippen LogP contribution in [0.5, 0.6) is 0 Å². The fourth-order valence-electron chi connectivity index (χ4n) is 2.96. The molecule has 0 atom stereocenters. The molecule has 0 aliphatic heterocycles. The molecule has 11 heteroatoms. The number of benzene rings is 2. The van der Waals surface area contributed by atoms with Gasteiger partial charge in [-0.2, -0.15) is 26.3 Å². The van der Waals surface area contributed by atoms with E-state index in [9.17, 15) is 31.1 Å². The van der Waals surface area contributed by atoms with E-state index in [0.717, 1.165) is 34.9 Å². The summed E-state index contributed by atoms with van der Waals surface area (Å²) in [5.74, 6) is 0. The first-order valence-corrected chi connectivity index (χ1v) is 9.27. The highest BCUT2D eigenvalue weighted by Gasteiger charge is 2.34. The lowest BCUT2D eigenvalue weighted by Gasteiger charge is -2.16. The van der Waals surface area contributed by atoms with E-state index in [2.05, 4.69) is 5.32 Å². The molecule has 0 saturated carbocycles. The van der Waals surface area contributed by atoms with Crippen LogP contribution in [0.2, 0.25) is 10.0 Å². The van der Waals surface area contributed by atoms with Crippen LogP contribution in [0.1, 0.15) is 16.8 Å². The Labute approximate surface area is 181 Å². The largest absolute Gasteiger partial charge is 0.417 e. The molecule has 1 N–H and O–H groups in total. The lowest BCUT2D eigenvalue weighted by molar-refractivity contribution is -0.138. The van der Waals surface area contributed by atoms with E-state index in [4.69, 9.17) is 23.2 Å². The second-order valence-electron chi connectivity index (χ2n) is 6.54. The third-order valence-electron chi connectivity index (χ3n) is 4.29. The Morgan fingerprint density at radius 2 is 1.32 bits per heavy atom. The zero-order valence-electron chi connectivity index (χ0n) is 15.5. The molecule has 1 heterocycles. The van der Waals surface area contributed by atoms with Crippen LogP contribution < -0.4 is 10.9 Å². The minimum atomic E-state index is -4.71. The van der Waals surface area contributed by atoms with E-state index in [1.807, 2.05) is 0 Å². The SMILES string of the molecule is Cc1cc(Nc2ccc(Cl)c(C(F)(F)F)c2)cc(=O)n1-c1ccc(Cl)c(C(F)(F)F)c1. The molecule has 0 aliphatic rings. The van der Waals surface area contributed by atoms with Gasteiger partial charge < -0.3 is 5.32 Å². The molecular weight excluding hydrogens is 469 g/mol. The number of hydrogen-bond acceptors (Lipinski definition) is 2. The van der Waals surface area contributed by atoms with Crippen molar-refractivity contribution in [2.75, 3.05) is 5.32 Å². The molecule has 1 aromatic heterocycles. The van der Waals surface area contributed by atoms with Crippen molar-refractivity contribution in [1.29, 1.82) is 0 Å². The molecular formula is C20H12Cl2F6N2O. The van der Waals surface area contributed by atoms with Crippen LogP contribution in [0.4, 0.5) is 37.7 Å². The Morgan fingerprint density at radius 1 is 0.774 bits per heavy atom. The van der Waals surface area contributed by atoms with Gasteiger partial charge in [0.1, 0.15) is 0 Å². The molecule has 0 amide bonds. The number of nitrogens with zero attached hydrogens (tertiary/aromatic N) is 1. The number of aromatic nitrogens is 1. The molecule has 31 heavy (non-hydrogen) atoms. The number of pyridine rings is 1. The third kappa shape index (κ3) is 4.99. The fraction of sp³-hybridized carbons (Fsp3) is 0.150. The van der Waals surface area contributed by atoms with E-state index in [-0.39, 0.29) is 22.8 Å². The topological polar surface area (TPSA) is 34.0 Å². The molecule has 0 bridgehead atoms. The van der Waals surface area contributed by atoms with Crippen molar-refractivity contribution < 1.29 is 26.3 Å². The van der Waals surface area contributed by atoms with Gasteiger partial charge in [0.15, 0.2) is 0 Å². The number of halogens is 8. The predicted molar refractivity (Wildman–Crippen MR) is 107 cm³/mol. The Kier molecular flexibility index (Phi) is 6.03. The van der Waals surface area contributed by atoms with Crippen molar-refractivity contribution in [1.82, 2.24) is 4.57 Å². The van der Waals surface area contributed by atoms with Crippen molar-refractivity contribution in [3.63, 3.8) is 0 Å². The van der Waals surface area contributed by atoms with Crippen LogP contribution in [-0.4, -0.2) is 4.57 Å². The maximum atomic E-state index is 13.1. The summed E-state index contributed by atoms with van der Waals surface area (Å²) in [6.45, 7) is 1.47. The van der Waals surface area contributed by atoms with Gasteiger partial charge in [-0.1, -0.05) is 23.2 Å². The van der Waals surface area contributed by atoms with Gasteiger partial charge in [-0.05, 0) is 49.4 Å². The zero-order chi connectivity index (χ0) is 23.1. The Bertz CT molecular complexity index is 1200.